The number of allylic oxidation sites excluding steroid dienone is 1. The highest BCUT2D eigenvalue weighted by atomic mass is 28.4. The lowest BCUT2D eigenvalue weighted by molar-refractivity contribution is -0.176. The number of Topliss-reactive ketones (excluding diaryl/α,β-unsaturated/α-hetero) is 1. The van der Waals surface area contributed by atoms with Crippen LogP contribution in [0.2, 0.25) is 58.9 Å². The normalized spacial score (nSPS) is 38.8. The molecule has 3 saturated carbocycles. The molecule has 8 heteroatoms. The summed E-state index contributed by atoms with van der Waals surface area (Å²) in [7, 11) is -5.75. The first-order valence-corrected chi connectivity index (χ1v) is 25.2. The lowest BCUT2D eigenvalue weighted by Gasteiger charge is -2.61. The first-order valence-electron chi connectivity index (χ1n) is 15.0. The second kappa shape index (κ2) is 9.86. The molecule has 0 spiro atoms. The maximum atomic E-state index is 14.4. The van der Waals surface area contributed by atoms with Gasteiger partial charge in [0.15, 0.2) is 30.7 Å². The second-order valence-electron chi connectivity index (χ2n) is 16.2. The van der Waals surface area contributed by atoms with Crippen LogP contribution in [0.3, 0.4) is 0 Å². The van der Waals surface area contributed by atoms with E-state index < -0.39 is 30.6 Å². The molecule has 4 aliphatic rings. The zero-order valence-corrected chi connectivity index (χ0v) is 29.1. The van der Waals surface area contributed by atoms with E-state index >= 15 is 0 Å². The van der Waals surface area contributed by atoms with Gasteiger partial charge in [-0.3, -0.25) is 9.59 Å². The Morgan fingerprint density at radius 2 is 1.55 bits per heavy atom. The van der Waals surface area contributed by atoms with Gasteiger partial charge in [0.25, 0.3) is 0 Å². The Balaban J connectivity index is 1.79. The van der Waals surface area contributed by atoms with Crippen molar-refractivity contribution in [2.75, 3.05) is 6.61 Å². The van der Waals surface area contributed by atoms with Crippen molar-refractivity contribution in [1.82, 2.24) is 0 Å². The molecule has 3 fully saturated rings. The maximum absolute atomic E-state index is 14.4. The molecule has 4 aliphatic carbocycles. The number of fused-ring (bicyclic) bond motifs is 5. The van der Waals surface area contributed by atoms with E-state index in [1.54, 1.807) is 0 Å². The van der Waals surface area contributed by atoms with Crippen LogP contribution in [0.15, 0.2) is 11.6 Å². The van der Waals surface area contributed by atoms with E-state index in [1.165, 1.54) is 5.57 Å². The van der Waals surface area contributed by atoms with Crippen LogP contribution in [0.25, 0.3) is 0 Å². The molecule has 0 saturated heterocycles. The number of carbonyl (C=O) groups is 2. The second-order valence-corrected chi connectivity index (χ2v) is 29.6. The van der Waals surface area contributed by atoms with Crippen molar-refractivity contribution in [3.8, 4) is 0 Å². The minimum atomic E-state index is -2.01. The third-order valence-electron chi connectivity index (χ3n) is 10.0. The molecule has 216 valence electrons. The molecule has 7 atom stereocenters. The number of carbonyl (C=O) groups excluding carboxylic acids is 2. The Bertz CT molecular complexity index is 989. The smallest absolute Gasteiger partial charge is 0.184 e. The quantitative estimate of drug-likeness (QED) is 0.282. The van der Waals surface area contributed by atoms with E-state index in [0.29, 0.717) is 37.1 Å². The molecule has 0 amide bonds. The predicted molar refractivity (Wildman–Crippen MR) is 162 cm³/mol. The van der Waals surface area contributed by atoms with Crippen molar-refractivity contribution in [3.63, 3.8) is 0 Å². The highest BCUT2D eigenvalue weighted by Crippen LogP contribution is 2.68. The number of rotatable bonds is 8. The zero-order chi connectivity index (χ0) is 28.5. The van der Waals surface area contributed by atoms with Gasteiger partial charge in [0, 0.05) is 24.2 Å². The maximum Gasteiger partial charge on any atom is 0.184 e. The van der Waals surface area contributed by atoms with Crippen LogP contribution in [-0.2, 0) is 22.9 Å². The topological polar surface area (TPSA) is 61.8 Å². The molecule has 0 radical (unpaired) electrons. The highest BCUT2D eigenvalue weighted by Gasteiger charge is 2.70. The molecule has 0 aromatic carbocycles. The first kappa shape index (κ1) is 30.6. The van der Waals surface area contributed by atoms with Gasteiger partial charge in [0.1, 0.15) is 5.78 Å². The fourth-order valence-electron chi connectivity index (χ4n) is 8.73. The van der Waals surface area contributed by atoms with Crippen molar-refractivity contribution in [1.29, 1.82) is 0 Å². The number of ketones is 2. The monoisotopic (exact) mass is 578 g/mol. The van der Waals surface area contributed by atoms with Gasteiger partial charge in [0.2, 0.25) is 0 Å². The van der Waals surface area contributed by atoms with Gasteiger partial charge in [-0.1, -0.05) is 19.4 Å². The van der Waals surface area contributed by atoms with Gasteiger partial charge >= 0.3 is 0 Å². The molecule has 0 bridgehead atoms. The Hall–Kier alpha value is -0.389. The standard InChI is InChI=1S/C30H54O5Si3/c1-28-16-14-22(31)18-21(28)12-13-23-24-15-17-30(35-38(9,10)11,29(24,2)19-25(32)27(23)28)26(34-37(6,7)8)20-33-36(3,4)5/h18,23-24,26-27H,12-17,19-20H2,1-11H3. The first-order chi connectivity index (χ1) is 17.2. The third kappa shape index (κ3) is 5.56. The van der Waals surface area contributed by atoms with Gasteiger partial charge in [-0.05, 0) is 114 Å². The molecular weight excluding hydrogens is 525 g/mol. The van der Waals surface area contributed by atoms with Gasteiger partial charge in [-0.15, -0.1) is 0 Å². The van der Waals surface area contributed by atoms with Crippen LogP contribution in [0.1, 0.15) is 58.8 Å². The summed E-state index contributed by atoms with van der Waals surface area (Å²) in [6.45, 7) is 25.5. The molecule has 0 N–H and O–H groups in total. The van der Waals surface area contributed by atoms with E-state index in [-0.39, 0.29) is 28.6 Å². The average Bonchev–Trinajstić information content (AvgIpc) is 3.01. The van der Waals surface area contributed by atoms with Crippen molar-refractivity contribution in [3.05, 3.63) is 11.6 Å². The van der Waals surface area contributed by atoms with Crippen molar-refractivity contribution >= 4 is 36.5 Å². The van der Waals surface area contributed by atoms with Crippen LogP contribution in [0.5, 0.6) is 0 Å². The fourth-order valence-corrected chi connectivity index (χ4v) is 12.1. The largest absolute Gasteiger partial charge is 0.415 e. The Morgan fingerprint density at radius 1 is 0.895 bits per heavy atom. The Kier molecular flexibility index (Phi) is 7.93. The van der Waals surface area contributed by atoms with Crippen molar-refractivity contribution in [2.24, 2.45) is 28.6 Å². The number of hydrogen-bond acceptors (Lipinski definition) is 5. The van der Waals surface area contributed by atoms with Gasteiger partial charge < -0.3 is 13.3 Å². The fraction of sp³-hybridized carbons (Fsp3) is 0.867. The molecule has 0 aliphatic heterocycles. The number of hydrogen-bond donors (Lipinski definition) is 0. The van der Waals surface area contributed by atoms with Crippen LogP contribution < -0.4 is 0 Å². The minimum absolute atomic E-state index is 0.0194. The van der Waals surface area contributed by atoms with Crippen LogP contribution >= 0.6 is 0 Å². The summed E-state index contributed by atoms with van der Waals surface area (Å²) in [6, 6.07) is 0. The molecule has 0 aromatic heterocycles. The van der Waals surface area contributed by atoms with Crippen molar-refractivity contribution < 1.29 is 22.9 Å². The summed E-state index contributed by atoms with van der Waals surface area (Å²) in [6.07, 6.45) is 7.58. The third-order valence-corrected chi connectivity index (χ3v) is 13.0. The predicted octanol–water partition coefficient (Wildman–Crippen LogP) is 7.36. The lowest BCUT2D eigenvalue weighted by atomic mass is 9.45. The summed E-state index contributed by atoms with van der Waals surface area (Å²) in [5, 5.41) is 0. The van der Waals surface area contributed by atoms with E-state index in [1.807, 2.05) is 6.08 Å². The van der Waals surface area contributed by atoms with Gasteiger partial charge in [0.05, 0.1) is 18.3 Å². The van der Waals surface area contributed by atoms with Gasteiger partial charge in [-0.2, -0.15) is 0 Å². The molecule has 4 rings (SSSR count). The van der Waals surface area contributed by atoms with E-state index in [9.17, 15) is 9.59 Å². The highest BCUT2D eigenvalue weighted by molar-refractivity contribution is 6.70. The summed E-state index contributed by atoms with van der Waals surface area (Å²) in [5.41, 5.74) is 0.246. The van der Waals surface area contributed by atoms with Crippen LogP contribution in [0.4, 0.5) is 0 Å². The molecule has 0 heterocycles. The summed E-state index contributed by atoms with van der Waals surface area (Å²) < 4.78 is 21.0. The van der Waals surface area contributed by atoms with Crippen molar-refractivity contribution in [2.45, 2.75) is 129 Å². The van der Waals surface area contributed by atoms with Crippen LogP contribution in [0, 0.1) is 28.6 Å². The minimum Gasteiger partial charge on any atom is -0.415 e. The lowest BCUT2D eigenvalue weighted by Crippen LogP contribution is -2.66. The SMILES string of the molecule is CC12CCC(=O)C=C1CCC1C2C(=O)CC2(C)C1CCC2(O[Si](C)(C)C)C(CO[Si](C)(C)C)O[Si](C)(C)C. The Morgan fingerprint density at radius 3 is 2.13 bits per heavy atom. The molecule has 7 unspecified atom stereocenters. The Labute approximate surface area is 235 Å². The van der Waals surface area contributed by atoms with Gasteiger partial charge in [-0.25, -0.2) is 0 Å². The van der Waals surface area contributed by atoms with E-state index in [4.69, 9.17) is 13.3 Å². The molecule has 0 aromatic rings. The van der Waals surface area contributed by atoms with E-state index in [0.717, 1.165) is 32.1 Å². The molecular formula is C30H54O5Si3. The average molecular weight is 579 g/mol. The zero-order valence-electron chi connectivity index (χ0n) is 26.1. The molecule has 5 nitrogen and oxygen atoms in total. The molecule has 38 heavy (non-hydrogen) atoms. The van der Waals surface area contributed by atoms with Crippen LogP contribution in [-0.4, -0.2) is 54.8 Å². The summed E-state index contributed by atoms with van der Waals surface area (Å²) in [4.78, 5) is 26.7. The van der Waals surface area contributed by atoms with E-state index in [2.05, 4.69) is 72.8 Å². The summed E-state index contributed by atoms with van der Waals surface area (Å²) >= 11 is 0. The summed E-state index contributed by atoms with van der Waals surface area (Å²) in [5.74, 6) is 1.40.